The molecule has 3 aliphatic rings. The summed E-state index contributed by atoms with van der Waals surface area (Å²) in [7, 11) is 0. The van der Waals surface area contributed by atoms with Gasteiger partial charge in [-0.3, -0.25) is 4.79 Å². The summed E-state index contributed by atoms with van der Waals surface area (Å²) < 4.78 is 19.1. The minimum Gasteiger partial charge on any atom is -0.381 e. The van der Waals surface area contributed by atoms with Crippen molar-refractivity contribution in [2.24, 2.45) is 22.7 Å². The first-order valence-electron chi connectivity index (χ1n) is 11.5. The topological polar surface area (TPSA) is 44.8 Å². The smallest absolute Gasteiger partial charge is 0.171 e. The maximum atomic E-state index is 12.8. The number of ketones is 1. The lowest BCUT2D eigenvalue weighted by molar-refractivity contribution is -0.316. The van der Waals surface area contributed by atoms with Crippen LogP contribution in [0.3, 0.4) is 0 Å². The molecule has 172 valence electrons. The first-order chi connectivity index (χ1) is 14.2. The molecule has 4 nitrogen and oxygen atoms in total. The monoisotopic (exact) mass is 456 g/mol. The molecule has 0 aromatic heterocycles. The van der Waals surface area contributed by atoms with Gasteiger partial charge in [-0.25, -0.2) is 0 Å². The molecule has 3 rings (SSSR count). The molecule has 1 aliphatic carbocycles. The molecule has 0 aromatic rings. The van der Waals surface area contributed by atoms with E-state index in [9.17, 15) is 4.79 Å². The second-order valence-corrected chi connectivity index (χ2v) is 13.3. The Bertz CT molecular complexity index is 600. The van der Waals surface area contributed by atoms with Crippen molar-refractivity contribution in [3.63, 3.8) is 0 Å². The van der Waals surface area contributed by atoms with Gasteiger partial charge in [0.1, 0.15) is 0 Å². The van der Waals surface area contributed by atoms with Crippen LogP contribution < -0.4 is 0 Å². The molecule has 2 saturated heterocycles. The highest BCUT2D eigenvalue weighted by Crippen LogP contribution is 2.51. The van der Waals surface area contributed by atoms with Gasteiger partial charge in [-0.05, 0) is 38.2 Å². The quantitative estimate of drug-likeness (QED) is 0.424. The van der Waals surface area contributed by atoms with E-state index in [1.54, 1.807) is 0 Å². The van der Waals surface area contributed by atoms with Crippen LogP contribution in [0.1, 0.15) is 60.3 Å². The molecule has 2 unspecified atom stereocenters. The third kappa shape index (κ3) is 6.06. The Labute approximate surface area is 191 Å². The molecular weight excluding hydrogens is 416 g/mol. The van der Waals surface area contributed by atoms with Gasteiger partial charge in [0.05, 0.1) is 29.8 Å². The molecule has 0 amide bonds. The minimum absolute atomic E-state index is 0.0696. The van der Waals surface area contributed by atoms with Crippen molar-refractivity contribution in [2.75, 3.05) is 37.9 Å². The van der Waals surface area contributed by atoms with Gasteiger partial charge in [0.2, 0.25) is 0 Å². The zero-order valence-corrected chi connectivity index (χ0v) is 21.0. The van der Waals surface area contributed by atoms with Gasteiger partial charge in [-0.1, -0.05) is 33.8 Å². The lowest BCUT2D eigenvalue weighted by Gasteiger charge is -2.45. The Morgan fingerprint density at radius 1 is 1.17 bits per heavy atom. The number of carbonyl (C=O) groups excluding carboxylic acids is 1. The van der Waals surface area contributed by atoms with Crippen LogP contribution in [0.4, 0.5) is 0 Å². The molecule has 1 spiro atoms. The number of thioether (sulfide) groups is 2. The first kappa shape index (κ1) is 24.6. The van der Waals surface area contributed by atoms with Crippen LogP contribution in [-0.4, -0.2) is 54.1 Å². The second-order valence-electron chi connectivity index (χ2n) is 10.4. The van der Waals surface area contributed by atoms with Crippen LogP contribution in [0, 0.1) is 22.7 Å². The molecule has 30 heavy (non-hydrogen) atoms. The highest BCUT2D eigenvalue weighted by molar-refractivity contribution is 8.20. The van der Waals surface area contributed by atoms with Gasteiger partial charge >= 0.3 is 0 Å². The lowest BCUT2D eigenvalue weighted by atomic mass is 9.84. The fourth-order valence-corrected chi connectivity index (χ4v) is 7.44. The molecule has 3 fully saturated rings. The third-order valence-electron chi connectivity index (χ3n) is 6.56. The predicted octanol–water partition coefficient (Wildman–Crippen LogP) is 5.56. The van der Waals surface area contributed by atoms with Crippen LogP contribution in [0.25, 0.3) is 0 Å². The highest BCUT2D eigenvalue weighted by Gasteiger charge is 2.53. The zero-order valence-electron chi connectivity index (χ0n) is 19.4. The molecule has 2 aliphatic heterocycles. The Morgan fingerprint density at radius 2 is 1.83 bits per heavy atom. The molecule has 0 bridgehead atoms. The number of hydrogen-bond donors (Lipinski definition) is 0. The van der Waals surface area contributed by atoms with E-state index in [1.165, 1.54) is 17.9 Å². The van der Waals surface area contributed by atoms with Crippen LogP contribution in [-0.2, 0) is 19.0 Å². The summed E-state index contributed by atoms with van der Waals surface area (Å²) in [6.45, 7) is 12.9. The summed E-state index contributed by atoms with van der Waals surface area (Å²) in [4.78, 5) is 12.8. The normalized spacial score (nSPS) is 29.2. The van der Waals surface area contributed by atoms with Crippen molar-refractivity contribution in [2.45, 2.75) is 70.7 Å². The van der Waals surface area contributed by atoms with E-state index < -0.39 is 11.2 Å². The fourth-order valence-electron chi connectivity index (χ4n) is 4.58. The van der Waals surface area contributed by atoms with Gasteiger partial charge in [-0.2, -0.15) is 0 Å². The van der Waals surface area contributed by atoms with E-state index in [-0.39, 0.29) is 11.2 Å². The maximum Gasteiger partial charge on any atom is 0.171 e. The van der Waals surface area contributed by atoms with Gasteiger partial charge in [0, 0.05) is 35.9 Å². The average molecular weight is 457 g/mol. The van der Waals surface area contributed by atoms with Gasteiger partial charge < -0.3 is 14.2 Å². The summed E-state index contributed by atoms with van der Waals surface area (Å²) in [5, 5.41) is 0. The van der Waals surface area contributed by atoms with Crippen molar-refractivity contribution in [1.29, 1.82) is 0 Å². The minimum atomic E-state index is -0.489. The van der Waals surface area contributed by atoms with E-state index in [0.717, 1.165) is 32.5 Å². The van der Waals surface area contributed by atoms with Crippen molar-refractivity contribution >= 4 is 29.3 Å². The summed E-state index contributed by atoms with van der Waals surface area (Å²) in [5.41, 5.74) is -0.419. The standard InChI is InChI=1S/C24H40O4S2/c1-6-26-17-23(4,5)20(25)9-7-18-11-12-24(27-15-22(2,3)16-28-24)19(18)8-10-21-29-13-14-30-21/h7,9,18-19,21H,6,8,10-17H2,1-5H3/b9-7+. The maximum absolute atomic E-state index is 12.8. The number of carbonyl (C=O) groups is 1. The molecule has 6 heteroatoms. The number of ether oxygens (including phenoxy) is 3. The van der Waals surface area contributed by atoms with Crippen molar-refractivity contribution in [3.05, 3.63) is 12.2 Å². The van der Waals surface area contributed by atoms with Gasteiger partial charge in [0.25, 0.3) is 0 Å². The van der Waals surface area contributed by atoms with E-state index in [4.69, 9.17) is 14.2 Å². The summed E-state index contributed by atoms with van der Waals surface area (Å²) >= 11 is 4.17. The average Bonchev–Trinajstić information content (AvgIpc) is 3.34. The third-order valence-corrected chi connectivity index (χ3v) is 9.72. The molecule has 1 saturated carbocycles. The predicted molar refractivity (Wildman–Crippen MR) is 127 cm³/mol. The van der Waals surface area contributed by atoms with Crippen LogP contribution in [0.5, 0.6) is 0 Å². The highest BCUT2D eigenvalue weighted by atomic mass is 32.2. The number of rotatable bonds is 9. The molecule has 2 atom stereocenters. The SMILES string of the molecule is CCOCC(C)(C)C(=O)/C=C/C1CCC2(OCC(C)(C)CO2)C1CCC1SCCS1. The molecule has 2 heterocycles. The lowest BCUT2D eigenvalue weighted by Crippen LogP contribution is -2.50. The number of hydrogen-bond acceptors (Lipinski definition) is 6. The van der Waals surface area contributed by atoms with Crippen LogP contribution in [0.2, 0.25) is 0 Å². The summed E-state index contributed by atoms with van der Waals surface area (Å²) in [5.74, 6) is 2.84. The largest absolute Gasteiger partial charge is 0.381 e. The van der Waals surface area contributed by atoms with Crippen molar-refractivity contribution in [3.8, 4) is 0 Å². The Balaban J connectivity index is 1.69. The Morgan fingerprint density at radius 3 is 2.47 bits per heavy atom. The van der Waals surface area contributed by atoms with Gasteiger partial charge in [0.15, 0.2) is 11.6 Å². The van der Waals surface area contributed by atoms with E-state index in [1.807, 2.05) is 26.8 Å². The first-order valence-corrected chi connectivity index (χ1v) is 13.6. The van der Waals surface area contributed by atoms with Crippen LogP contribution in [0.15, 0.2) is 12.2 Å². The van der Waals surface area contributed by atoms with Gasteiger partial charge in [-0.15, -0.1) is 23.5 Å². The molecule has 0 radical (unpaired) electrons. The van der Waals surface area contributed by atoms with E-state index in [0.29, 0.717) is 29.6 Å². The number of allylic oxidation sites excluding steroid dienone is 2. The summed E-state index contributed by atoms with van der Waals surface area (Å²) in [6.07, 6.45) is 8.18. The van der Waals surface area contributed by atoms with Crippen molar-refractivity contribution in [1.82, 2.24) is 0 Å². The molecule has 0 N–H and O–H groups in total. The Hall–Kier alpha value is -0.0100. The Kier molecular flexibility index (Phi) is 8.44. The summed E-state index contributed by atoms with van der Waals surface area (Å²) in [6, 6.07) is 0. The van der Waals surface area contributed by atoms with E-state index >= 15 is 0 Å². The van der Waals surface area contributed by atoms with Crippen LogP contribution >= 0.6 is 23.5 Å². The molecular formula is C24H40O4S2. The fraction of sp³-hybridized carbons (Fsp3) is 0.875. The van der Waals surface area contributed by atoms with Crippen molar-refractivity contribution < 1.29 is 19.0 Å². The second kappa shape index (κ2) is 10.3. The zero-order chi connectivity index (χ0) is 21.8. The molecule has 0 aromatic carbocycles. The van der Waals surface area contributed by atoms with E-state index in [2.05, 4.69) is 43.4 Å².